The van der Waals surface area contributed by atoms with Crippen LogP contribution in [0.25, 0.3) is 5.65 Å². The molecule has 0 atom stereocenters. The standard InChI is InChI=1S/C14H19N3O/c18-9-8-16(13-4-3-5-13)10-12-11-17-7-2-1-6-14(17)15-12/h1-2,6-7,11,13,18H,3-5,8-10H2. The molecule has 96 valence electrons. The maximum atomic E-state index is 9.16. The van der Waals surface area contributed by atoms with Gasteiger partial charge in [0.15, 0.2) is 0 Å². The second kappa shape index (κ2) is 5.08. The summed E-state index contributed by atoms with van der Waals surface area (Å²) in [6, 6.07) is 6.67. The average Bonchev–Trinajstić information content (AvgIpc) is 2.69. The summed E-state index contributed by atoms with van der Waals surface area (Å²) in [5, 5.41) is 9.16. The van der Waals surface area contributed by atoms with E-state index >= 15 is 0 Å². The number of hydrogen-bond acceptors (Lipinski definition) is 3. The Kier molecular flexibility index (Phi) is 3.30. The first kappa shape index (κ1) is 11.7. The molecular formula is C14H19N3O. The normalized spacial score (nSPS) is 16.3. The van der Waals surface area contributed by atoms with Gasteiger partial charge in [0.1, 0.15) is 5.65 Å². The quantitative estimate of drug-likeness (QED) is 0.871. The Morgan fingerprint density at radius 2 is 2.28 bits per heavy atom. The third-order valence-electron chi connectivity index (χ3n) is 3.76. The molecule has 1 N–H and O–H groups in total. The van der Waals surface area contributed by atoms with Crippen LogP contribution in [0.1, 0.15) is 25.0 Å². The van der Waals surface area contributed by atoms with Crippen molar-refractivity contribution in [1.82, 2.24) is 14.3 Å². The summed E-state index contributed by atoms with van der Waals surface area (Å²) in [5.41, 5.74) is 2.08. The Hall–Kier alpha value is -1.39. The summed E-state index contributed by atoms with van der Waals surface area (Å²) in [7, 11) is 0. The Morgan fingerprint density at radius 1 is 1.39 bits per heavy atom. The highest BCUT2D eigenvalue weighted by Crippen LogP contribution is 2.25. The fourth-order valence-electron chi connectivity index (χ4n) is 2.54. The average molecular weight is 245 g/mol. The van der Waals surface area contributed by atoms with Gasteiger partial charge >= 0.3 is 0 Å². The van der Waals surface area contributed by atoms with Crippen LogP contribution < -0.4 is 0 Å². The molecule has 0 aromatic carbocycles. The van der Waals surface area contributed by atoms with Gasteiger partial charge in [-0.2, -0.15) is 0 Å². The molecule has 0 aliphatic heterocycles. The van der Waals surface area contributed by atoms with Gasteiger partial charge in [0.05, 0.1) is 12.3 Å². The second-order valence-corrected chi connectivity index (χ2v) is 4.98. The van der Waals surface area contributed by atoms with Crippen molar-refractivity contribution in [2.45, 2.75) is 31.8 Å². The van der Waals surface area contributed by atoms with E-state index in [0.29, 0.717) is 6.04 Å². The molecule has 4 nitrogen and oxygen atoms in total. The van der Waals surface area contributed by atoms with Crippen molar-refractivity contribution in [3.05, 3.63) is 36.3 Å². The second-order valence-electron chi connectivity index (χ2n) is 4.98. The smallest absolute Gasteiger partial charge is 0.137 e. The first-order valence-electron chi connectivity index (χ1n) is 6.64. The first-order chi connectivity index (χ1) is 8.86. The van der Waals surface area contributed by atoms with E-state index in [1.54, 1.807) is 0 Å². The molecule has 0 spiro atoms. The van der Waals surface area contributed by atoms with Crippen molar-refractivity contribution in [2.24, 2.45) is 0 Å². The first-order valence-corrected chi connectivity index (χ1v) is 6.64. The highest BCUT2D eigenvalue weighted by molar-refractivity contribution is 5.39. The molecule has 0 radical (unpaired) electrons. The maximum Gasteiger partial charge on any atom is 0.137 e. The molecule has 0 amide bonds. The molecule has 2 aromatic rings. The number of aliphatic hydroxyl groups excluding tert-OH is 1. The minimum absolute atomic E-state index is 0.226. The summed E-state index contributed by atoms with van der Waals surface area (Å²) in [5.74, 6) is 0. The molecule has 18 heavy (non-hydrogen) atoms. The Bertz CT molecular complexity index is 485. The lowest BCUT2D eigenvalue weighted by molar-refractivity contribution is 0.0935. The van der Waals surface area contributed by atoms with E-state index in [0.717, 1.165) is 24.4 Å². The minimum Gasteiger partial charge on any atom is -0.395 e. The van der Waals surface area contributed by atoms with E-state index in [4.69, 9.17) is 5.11 Å². The van der Waals surface area contributed by atoms with E-state index in [1.807, 2.05) is 28.8 Å². The van der Waals surface area contributed by atoms with E-state index in [-0.39, 0.29) is 6.61 Å². The molecular weight excluding hydrogens is 226 g/mol. The van der Waals surface area contributed by atoms with Crippen molar-refractivity contribution in [1.29, 1.82) is 0 Å². The van der Waals surface area contributed by atoms with Gasteiger partial charge in [-0.3, -0.25) is 4.90 Å². The summed E-state index contributed by atoms with van der Waals surface area (Å²) >= 11 is 0. The van der Waals surface area contributed by atoms with Crippen LogP contribution in [-0.4, -0.2) is 38.6 Å². The number of hydrogen-bond donors (Lipinski definition) is 1. The van der Waals surface area contributed by atoms with Crippen LogP contribution in [-0.2, 0) is 6.54 Å². The van der Waals surface area contributed by atoms with Crippen LogP contribution in [0.15, 0.2) is 30.6 Å². The van der Waals surface area contributed by atoms with E-state index in [9.17, 15) is 0 Å². The number of nitrogens with zero attached hydrogens (tertiary/aromatic N) is 3. The van der Waals surface area contributed by atoms with Crippen LogP contribution in [0.3, 0.4) is 0 Å². The van der Waals surface area contributed by atoms with Gasteiger partial charge in [-0.25, -0.2) is 4.98 Å². The number of pyridine rings is 1. The predicted octanol–water partition coefficient (Wildman–Crippen LogP) is 1.68. The van der Waals surface area contributed by atoms with Crippen LogP contribution in [0, 0.1) is 0 Å². The van der Waals surface area contributed by atoms with Gasteiger partial charge in [0, 0.05) is 31.5 Å². The lowest BCUT2D eigenvalue weighted by atomic mass is 9.91. The van der Waals surface area contributed by atoms with Crippen molar-refractivity contribution in [2.75, 3.05) is 13.2 Å². The topological polar surface area (TPSA) is 40.8 Å². The third-order valence-corrected chi connectivity index (χ3v) is 3.76. The summed E-state index contributed by atoms with van der Waals surface area (Å²) < 4.78 is 2.05. The summed E-state index contributed by atoms with van der Waals surface area (Å²) in [6.07, 6.45) is 7.93. The lowest BCUT2D eigenvalue weighted by Gasteiger charge is -2.36. The minimum atomic E-state index is 0.226. The molecule has 0 bridgehead atoms. The van der Waals surface area contributed by atoms with Crippen molar-refractivity contribution in [3.8, 4) is 0 Å². The maximum absolute atomic E-state index is 9.16. The van der Waals surface area contributed by atoms with Crippen LogP contribution in [0.4, 0.5) is 0 Å². The SMILES string of the molecule is OCCN(Cc1cn2ccccc2n1)C1CCC1. The monoisotopic (exact) mass is 245 g/mol. The lowest BCUT2D eigenvalue weighted by Crippen LogP contribution is -2.41. The molecule has 2 heterocycles. The van der Waals surface area contributed by atoms with Gasteiger partial charge in [-0.1, -0.05) is 12.5 Å². The molecule has 1 aliphatic rings. The van der Waals surface area contributed by atoms with Crippen LogP contribution >= 0.6 is 0 Å². The zero-order valence-corrected chi connectivity index (χ0v) is 10.5. The Labute approximate surface area is 107 Å². The number of imidazole rings is 1. The van der Waals surface area contributed by atoms with Gasteiger partial charge in [0.25, 0.3) is 0 Å². The van der Waals surface area contributed by atoms with Crippen molar-refractivity contribution < 1.29 is 5.11 Å². The Morgan fingerprint density at radius 3 is 2.94 bits per heavy atom. The molecule has 1 fully saturated rings. The van der Waals surface area contributed by atoms with E-state index < -0.39 is 0 Å². The van der Waals surface area contributed by atoms with Gasteiger partial charge < -0.3 is 9.51 Å². The highest BCUT2D eigenvalue weighted by Gasteiger charge is 2.24. The van der Waals surface area contributed by atoms with Gasteiger partial charge in [0.2, 0.25) is 0 Å². The van der Waals surface area contributed by atoms with Crippen LogP contribution in [0.5, 0.6) is 0 Å². The fourth-order valence-corrected chi connectivity index (χ4v) is 2.54. The molecule has 1 aliphatic carbocycles. The van der Waals surface area contributed by atoms with Crippen molar-refractivity contribution >= 4 is 5.65 Å². The van der Waals surface area contributed by atoms with Crippen LogP contribution in [0.2, 0.25) is 0 Å². The zero-order chi connectivity index (χ0) is 12.4. The largest absolute Gasteiger partial charge is 0.395 e. The third kappa shape index (κ3) is 2.26. The van der Waals surface area contributed by atoms with Gasteiger partial charge in [-0.15, -0.1) is 0 Å². The number of aromatic nitrogens is 2. The molecule has 0 saturated heterocycles. The summed E-state index contributed by atoms with van der Waals surface area (Å²) in [4.78, 5) is 6.97. The molecule has 0 unspecified atom stereocenters. The summed E-state index contributed by atoms with van der Waals surface area (Å²) in [6.45, 7) is 1.81. The Balaban J connectivity index is 1.76. The number of fused-ring (bicyclic) bond motifs is 1. The molecule has 2 aromatic heterocycles. The molecule has 4 heteroatoms. The molecule has 1 saturated carbocycles. The highest BCUT2D eigenvalue weighted by atomic mass is 16.3. The van der Waals surface area contributed by atoms with Gasteiger partial charge in [-0.05, 0) is 25.0 Å². The fraction of sp³-hybridized carbons (Fsp3) is 0.500. The van der Waals surface area contributed by atoms with E-state index in [2.05, 4.69) is 16.1 Å². The molecule has 3 rings (SSSR count). The number of aliphatic hydroxyl groups is 1. The van der Waals surface area contributed by atoms with E-state index in [1.165, 1.54) is 19.3 Å². The predicted molar refractivity (Wildman–Crippen MR) is 70.3 cm³/mol. The van der Waals surface area contributed by atoms with Crippen molar-refractivity contribution in [3.63, 3.8) is 0 Å². The zero-order valence-electron chi connectivity index (χ0n) is 10.5. The number of rotatable bonds is 5.